The Hall–Kier alpha value is -3.29. The Bertz CT molecular complexity index is 1650. The van der Waals surface area contributed by atoms with Gasteiger partial charge in [-0.15, -0.1) is 11.3 Å². The van der Waals surface area contributed by atoms with Gasteiger partial charge in [-0.1, -0.05) is 47.6 Å². The lowest BCUT2D eigenvalue weighted by atomic mass is 9.82. The maximum absolute atomic E-state index is 9.48. The summed E-state index contributed by atoms with van der Waals surface area (Å²) < 4.78 is 2.38. The quantitative estimate of drug-likeness (QED) is 0.255. The highest BCUT2D eigenvalue weighted by atomic mass is 32.1. The van der Waals surface area contributed by atoms with Crippen LogP contribution in [0.3, 0.4) is 0 Å². The van der Waals surface area contributed by atoms with E-state index < -0.39 is 0 Å². The average Bonchev–Trinajstić information content (AvgIpc) is 3.13. The summed E-state index contributed by atoms with van der Waals surface area (Å²) in [5.74, 6) is 0. The smallest absolute Gasteiger partial charge is 0.116 e. The topological polar surface area (TPSA) is 49.6 Å². The van der Waals surface area contributed by atoms with Gasteiger partial charge in [-0.3, -0.25) is 0 Å². The van der Waals surface area contributed by atoms with E-state index in [1.807, 2.05) is 12.1 Å². The van der Waals surface area contributed by atoms with Gasteiger partial charge < -0.3 is 0 Å². The first kappa shape index (κ1) is 23.5. The van der Waals surface area contributed by atoms with Gasteiger partial charge in [0.05, 0.1) is 27.5 Å². The van der Waals surface area contributed by atoms with Crippen LogP contribution in [0.15, 0.2) is 48.8 Å². The van der Waals surface area contributed by atoms with Gasteiger partial charge in [-0.05, 0) is 88.0 Å². The van der Waals surface area contributed by atoms with Gasteiger partial charge in [-0.25, -0.2) is 9.97 Å². The molecule has 0 bridgehead atoms. The highest BCUT2D eigenvalue weighted by Gasteiger charge is 2.21. The Balaban J connectivity index is 1.78. The number of nitrogens with zero attached hydrogens (tertiary/aromatic N) is 3. The summed E-state index contributed by atoms with van der Waals surface area (Å²) in [5.41, 5.74) is 7.88. The number of benzene rings is 3. The zero-order chi connectivity index (χ0) is 25.1. The number of fused-ring (bicyclic) bond motifs is 4. The highest BCUT2D eigenvalue weighted by Crippen LogP contribution is 2.41. The number of rotatable bonds is 2. The van der Waals surface area contributed by atoms with Crippen molar-refractivity contribution >= 4 is 42.4 Å². The van der Waals surface area contributed by atoms with Gasteiger partial charge in [0.2, 0.25) is 0 Å². The van der Waals surface area contributed by atoms with Gasteiger partial charge in [0.15, 0.2) is 0 Å². The van der Waals surface area contributed by atoms with Crippen molar-refractivity contribution in [3.63, 3.8) is 0 Å². The van der Waals surface area contributed by atoms with Gasteiger partial charge in [0, 0.05) is 15.6 Å². The highest BCUT2D eigenvalue weighted by molar-refractivity contribution is 7.26. The van der Waals surface area contributed by atoms with Crippen molar-refractivity contribution in [2.45, 2.75) is 60.3 Å². The third-order valence-electron chi connectivity index (χ3n) is 6.59. The molecular weight excluding hydrogens is 446 g/mol. The van der Waals surface area contributed by atoms with Crippen LogP contribution in [0, 0.1) is 23.7 Å². The number of aryl methyl sites for hydroxylation is 1. The van der Waals surface area contributed by atoms with Crippen LogP contribution in [0.25, 0.3) is 42.3 Å². The summed E-state index contributed by atoms with van der Waals surface area (Å²) in [7, 11) is 0. The normalized spacial score (nSPS) is 12.5. The van der Waals surface area contributed by atoms with Gasteiger partial charge in [0.1, 0.15) is 6.33 Å². The van der Waals surface area contributed by atoms with E-state index in [0.29, 0.717) is 5.56 Å². The number of thiophene rings is 1. The molecule has 0 amide bonds. The number of hydrogen-bond acceptors (Lipinski definition) is 4. The second-order valence-electron chi connectivity index (χ2n) is 11.8. The molecule has 0 radical (unpaired) electrons. The molecule has 2 heterocycles. The van der Waals surface area contributed by atoms with Crippen molar-refractivity contribution in [3.05, 3.63) is 71.0 Å². The van der Waals surface area contributed by atoms with E-state index >= 15 is 0 Å². The summed E-state index contributed by atoms with van der Waals surface area (Å²) >= 11 is 1.78. The predicted octanol–water partition coefficient (Wildman–Crippen LogP) is 8.73. The maximum Gasteiger partial charge on any atom is 0.116 e. The van der Waals surface area contributed by atoms with Crippen molar-refractivity contribution < 1.29 is 0 Å². The molecule has 0 aliphatic rings. The van der Waals surface area contributed by atoms with Crippen molar-refractivity contribution in [2.75, 3.05) is 0 Å². The molecule has 3 nitrogen and oxygen atoms in total. The molecule has 2 aromatic heterocycles. The molecule has 0 saturated carbocycles. The van der Waals surface area contributed by atoms with Gasteiger partial charge in [-0.2, -0.15) is 5.26 Å². The van der Waals surface area contributed by atoms with Crippen LogP contribution in [-0.2, 0) is 11.8 Å². The lowest BCUT2D eigenvalue weighted by Gasteiger charge is -2.23. The van der Waals surface area contributed by atoms with E-state index in [9.17, 15) is 5.26 Å². The van der Waals surface area contributed by atoms with Crippen molar-refractivity contribution in [2.24, 2.45) is 5.41 Å². The second kappa shape index (κ2) is 8.14. The Kier molecular flexibility index (Phi) is 5.45. The first-order valence-corrected chi connectivity index (χ1v) is 12.9. The largest absolute Gasteiger partial charge is 0.235 e. The van der Waals surface area contributed by atoms with Gasteiger partial charge in [0.25, 0.3) is 0 Å². The van der Waals surface area contributed by atoms with E-state index in [-0.39, 0.29) is 10.8 Å². The first-order valence-electron chi connectivity index (χ1n) is 12.1. The molecule has 0 spiro atoms. The fraction of sp³-hybridized carbons (Fsp3) is 0.323. The second-order valence-corrected chi connectivity index (χ2v) is 12.9. The summed E-state index contributed by atoms with van der Waals surface area (Å²) in [6.07, 6.45) is 2.73. The minimum Gasteiger partial charge on any atom is -0.235 e. The van der Waals surface area contributed by atoms with Gasteiger partial charge >= 0.3 is 0 Å². The van der Waals surface area contributed by atoms with Crippen LogP contribution in [0.4, 0.5) is 0 Å². The summed E-state index contributed by atoms with van der Waals surface area (Å²) in [5, 5.41) is 12.9. The van der Waals surface area contributed by atoms with Crippen LogP contribution < -0.4 is 0 Å². The molecule has 0 atom stereocenters. The van der Waals surface area contributed by atoms with Crippen molar-refractivity contribution in [3.8, 4) is 17.3 Å². The van der Waals surface area contributed by atoms with Crippen LogP contribution in [0.1, 0.15) is 63.8 Å². The Labute approximate surface area is 211 Å². The average molecular weight is 478 g/mol. The zero-order valence-corrected chi connectivity index (χ0v) is 22.4. The number of hydrogen-bond donors (Lipinski definition) is 0. The lowest BCUT2D eigenvalue weighted by Crippen LogP contribution is -2.12. The number of aromatic nitrogens is 2. The molecule has 0 aliphatic carbocycles. The van der Waals surface area contributed by atoms with Crippen LogP contribution >= 0.6 is 11.3 Å². The third-order valence-corrected chi connectivity index (χ3v) is 7.74. The molecule has 4 heteroatoms. The molecule has 5 rings (SSSR count). The fourth-order valence-electron chi connectivity index (χ4n) is 4.94. The van der Waals surface area contributed by atoms with E-state index in [4.69, 9.17) is 9.97 Å². The van der Waals surface area contributed by atoms with Crippen LogP contribution in [-0.4, -0.2) is 9.97 Å². The van der Waals surface area contributed by atoms with Crippen molar-refractivity contribution in [1.29, 1.82) is 5.26 Å². The SMILES string of the molecule is Cc1cc2c(cc1CC(C)(C)C)sc1c(-c3cc(C(C)(C)C)c4ccc(C#N)cc4c3)ncnc12. The summed E-state index contributed by atoms with van der Waals surface area (Å²) in [4.78, 5) is 9.50. The Morgan fingerprint density at radius 2 is 1.69 bits per heavy atom. The molecule has 0 fully saturated rings. The lowest BCUT2D eigenvalue weighted by molar-refractivity contribution is 0.410. The maximum atomic E-state index is 9.48. The van der Waals surface area contributed by atoms with Crippen LogP contribution in [0.2, 0.25) is 0 Å². The molecule has 0 saturated heterocycles. The van der Waals surface area contributed by atoms with E-state index in [1.54, 1.807) is 17.7 Å². The third kappa shape index (κ3) is 4.30. The zero-order valence-electron chi connectivity index (χ0n) is 21.6. The molecule has 0 aliphatic heterocycles. The number of nitriles is 1. The minimum atomic E-state index is -0.0479. The van der Waals surface area contributed by atoms with E-state index in [2.05, 4.69) is 84.9 Å². The van der Waals surface area contributed by atoms with Crippen molar-refractivity contribution in [1.82, 2.24) is 9.97 Å². The minimum absolute atomic E-state index is 0.0479. The summed E-state index contributed by atoms with van der Waals surface area (Å²) in [6.45, 7) is 15.8. The summed E-state index contributed by atoms with van der Waals surface area (Å²) in [6, 6.07) is 17.4. The monoisotopic (exact) mass is 477 g/mol. The molecule has 0 unspecified atom stereocenters. The molecule has 0 N–H and O–H groups in total. The molecule has 176 valence electrons. The molecule has 5 aromatic rings. The standard InChI is InChI=1S/C31H31N3S/c1-18-10-24-26(14-22(18)15-30(2,3)4)35-29-27(33-17-34-28(24)29)21-12-20-11-19(16-32)8-9-23(20)25(13-21)31(5,6)7/h8-14,17H,15H2,1-7H3. The van der Waals surface area contributed by atoms with Crippen LogP contribution in [0.5, 0.6) is 0 Å². The van der Waals surface area contributed by atoms with E-state index in [0.717, 1.165) is 33.3 Å². The predicted molar refractivity (Wildman–Crippen MR) is 149 cm³/mol. The van der Waals surface area contributed by atoms with E-state index in [1.165, 1.54) is 32.2 Å². The molecule has 35 heavy (non-hydrogen) atoms. The first-order chi connectivity index (χ1) is 16.4. The Morgan fingerprint density at radius 3 is 2.37 bits per heavy atom. The molecule has 3 aromatic carbocycles. The Morgan fingerprint density at radius 1 is 0.914 bits per heavy atom. The molecular formula is C31H31N3S. The fourth-order valence-corrected chi connectivity index (χ4v) is 6.15.